The minimum atomic E-state index is 0.0914. The topological polar surface area (TPSA) is 29.5 Å². The van der Waals surface area contributed by atoms with Crippen LogP contribution in [-0.2, 0) is 10.2 Å². The van der Waals surface area contributed by atoms with E-state index in [4.69, 9.17) is 4.74 Å². The Hall–Kier alpha value is -1.51. The third-order valence-electron chi connectivity index (χ3n) is 4.02. The molecule has 1 aliphatic rings. The third-order valence-corrected chi connectivity index (χ3v) is 4.02. The molecule has 0 atom stereocenters. The number of amides is 1. The smallest absolute Gasteiger partial charge is 0.260 e. The zero-order valence-electron chi connectivity index (χ0n) is 13.5. The number of carbonyl (C=O) groups is 1. The quantitative estimate of drug-likeness (QED) is 0.848. The lowest BCUT2D eigenvalue weighted by Gasteiger charge is -2.22. The zero-order valence-corrected chi connectivity index (χ0v) is 13.5. The summed E-state index contributed by atoms with van der Waals surface area (Å²) in [4.78, 5) is 14.2. The summed E-state index contributed by atoms with van der Waals surface area (Å²) in [7, 11) is 0. The maximum atomic E-state index is 12.2. The minimum absolute atomic E-state index is 0.0914. The number of carbonyl (C=O) groups excluding carboxylic acids is 1. The fourth-order valence-electron chi connectivity index (χ4n) is 2.61. The maximum absolute atomic E-state index is 12.2. The number of rotatable bonds is 3. The fraction of sp³-hybridized carbons (Fsp3) is 0.611. The van der Waals surface area contributed by atoms with Crippen LogP contribution in [0.15, 0.2) is 24.3 Å². The highest BCUT2D eigenvalue weighted by molar-refractivity contribution is 5.77. The van der Waals surface area contributed by atoms with Crippen LogP contribution in [0, 0.1) is 0 Å². The van der Waals surface area contributed by atoms with Crippen molar-refractivity contribution in [2.75, 3.05) is 19.7 Å². The molecule has 0 N–H and O–H groups in total. The van der Waals surface area contributed by atoms with E-state index in [0.29, 0.717) is 0 Å². The summed E-state index contributed by atoms with van der Waals surface area (Å²) in [5, 5.41) is 0. The second-order valence-corrected chi connectivity index (χ2v) is 6.86. The number of likely N-dealkylation sites (tertiary alicyclic amines) is 1. The molecule has 0 aliphatic carbocycles. The molecule has 0 bridgehead atoms. The maximum Gasteiger partial charge on any atom is 0.260 e. The Balaban J connectivity index is 1.91. The number of ether oxygens (including phenoxy) is 1. The van der Waals surface area contributed by atoms with Crippen LogP contribution in [0.25, 0.3) is 0 Å². The Bertz CT molecular complexity index is 468. The number of hydrogen-bond acceptors (Lipinski definition) is 2. The van der Waals surface area contributed by atoms with Crippen LogP contribution in [0.5, 0.6) is 5.75 Å². The van der Waals surface area contributed by atoms with E-state index in [9.17, 15) is 4.79 Å². The van der Waals surface area contributed by atoms with E-state index < -0.39 is 0 Å². The molecular formula is C18H27NO2. The molecule has 0 spiro atoms. The highest BCUT2D eigenvalue weighted by Crippen LogP contribution is 2.25. The fourth-order valence-corrected chi connectivity index (χ4v) is 2.61. The van der Waals surface area contributed by atoms with Gasteiger partial charge in [-0.05, 0) is 36.0 Å². The van der Waals surface area contributed by atoms with Crippen molar-refractivity contribution in [3.8, 4) is 5.75 Å². The first-order chi connectivity index (χ1) is 9.97. The van der Waals surface area contributed by atoms with E-state index in [1.165, 1.54) is 18.4 Å². The number of nitrogens with zero attached hydrogens (tertiary/aromatic N) is 1. The normalized spacial score (nSPS) is 16.4. The predicted molar refractivity (Wildman–Crippen MR) is 85.7 cm³/mol. The van der Waals surface area contributed by atoms with Crippen molar-refractivity contribution in [3.63, 3.8) is 0 Å². The van der Waals surface area contributed by atoms with Crippen molar-refractivity contribution in [1.29, 1.82) is 0 Å². The largest absolute Gasteiger partial charge is 0.484 e. The third kappa shape index (κ3) is 4.76. The molecule has 1 aromatic rings. The zero-order chi connectivity index (χ0) is 15.3. The van der Waals surface area contributed by atoms with Gasteiger partial charge in [-0.15, -0.1) is 0 Å². The molecule has 0 radical (unpaired) electrons. The van der Waals surface area contributed by atoms with Gasteiger partial charge in [0.2, 0.25) is 0 Å². The van der Waals surface area contributed by atoms with E-state index in [2.05, 4.69) is 26.8 Å². The van der Waals surface area contributed by atoms with Crippen LogP contribution in [-0.4, -0.2) is 30.5 Å². The molecule has 3 nitrogen and oxygen atoms in total. The van der Waals surface area contributed by atoms with E-state index >= 15 is 0 Å². The van der Waals surface area contributed by atoms with Crippen molar-refractivity contribution >= 4 is 5.91 Å². The summed E-state index contributed by atoms with van der Waals surface area (Å²) in [6, 6.07) is 8.05. The van der Waals surface area contributed by atoms with Gasteiger partial charge in [0.05, 0.1) is 0 Å². The van der Waals surface area contributed by atoms with Crippen LogP contribution >= 0.6 is 0 Å². The van der Waals surface area contributed by atoms with Gasteiger partial charge in [0, 0.05) is 13.1 Å². The van der Waals surface area contributed by atoms with Crippen LogP contribution in [0.1, 0.15) is 52.0 Å². The number of benzene rings is 1. The van der Waals surface area contributed by atoms with Gasteiger partial charge in [0.1, 0.15) is 5.75 Å². The second-order valence-electron chi connectivity index (χ2n) is 6.86. The van der Waals surface area contributed by atoms with Gasteiger partial charge in [0.15, 0.2) is 6.61 Å². The lowest BCUT2D eigenvalue weighted by Crippen LogP contribution is -2.35. The average molecular weight is 289 g/mol. The average Bonchev–Trinajstić information content (AvgIpc) is 2.73. The molecule has 116 valence electrons. The lowest BCUT2D eigenvalue weighted by molar-refractivity contribution is -0.133. The molecule has 2 rings (SSSR count). The standard InChI is InChI=1S/C18H27NO2/c1-18(2,3)15-9-8-10-16(13-15)21-14-17(20)19-11-6-4-5-7-12-19/h8-10,13H,4-7,11-12,14H2,1-3H3. The molecule has 1 saturated heterocycles. The lowest BCUT2D eigenvalue weighted by atomic mass is 9.87. The van der Waals surface area contributed by atoms with Gasteiger partial charge in [-0.1, -0.05) is 45.7 Å². The van der Waals surface area contributed by atoms with Crippen molar-refractivity contribution < 1.29 is 9.53 Å². The summed E-state index contributed by atoms with van der Waals surface area (Å²) in [5.41, 5.74) is 1.32. The molecule has 0 aromatic heterocycles. The Morgan fingerprint density at radius 2 is 1.81 bits per heavy atom. The second kappa shape index (κ2) is 6.97. The molecule has 1 amide bonds. The first kappa shape index (κ1) is 15.9. The monoisotopic (exact) mass is 289 g/mol. The highest BCUT2D eigenvalue weighted by atomic mass is 16.5. The summed E-state index contributed by atoms with van der Waals surface area (Å²) in [6.07, 6.45) is 4.70. The first-order valence-electron chi connectivity index (χ1n) is 7.98. The molecule has 3 heteroatoms. The SMILES string of the molecule is CC(C)(C)c1cccc(OCC(=O)N2CCCCCC2)c1. The van der Waals surface area contributed by atoms with Gasteiger partial charge >= 0.3 is 0 Å². The highest BCUT2D eigenvalue weighted by Gasteiger charge is 2.17. The molecule has 1 aromatic carbocycles. The van der Waals surface area contributed by atoms with Crippen LogP contribution in [0.4, 0.5) is 0 Å². The van der Waals surface area contributed by atoms with Gasteiger partial charge in [-0.25, -0.2) is 0 Å². The van der Waals surface area contributed by atoms with E-state index in [0.717, 1.165) is 31.7 Å². The van der Waals surface area contributed by atoms with Gasteiger partial charge in [-0.3, -0.25) is 4.79 Å². The van der Waals surface area contributed by atoms with Gasteiger partial charge in [0.25, 0.3) is 5.91 Å². The summed E-state index contributed by atoms with van der Waals surface area (Å²) in [5.74, 6) is 0.892. The predicted octanol–water partition coefficient (Wildman–Crippen LogP) is 3.77. The van der Waals surface area contributed by atoms with Gasteiger partial charge < -0.3 is 9.64 Å². The van der Waals surface area contributed by atoms with Gasteiger partial charge in [-0.2, -0.15) is 0 Å². The molecule has 0 unspecified atom stereocenters. The molecule has 21 heavy (non-hydrogen) atoms. The van der Waals surface area contributed by atoms with E-state index in [1.807, 2.05) is 23.1 Å². The Labute approximate surface area is 128 Å². The first-order valence-corrected chi connectivity index (χ1v) is 7.98. The molecule has 1 heterocycles. The summed E-state index contributed by atoms with van der Waals surface area (Å²) < 4.78 is 5.71. The van der Waals surface area contributed by atoms with E-state index in [1.54, 1.807) is 0 Å². The molecule has 0 saturated carbocycles. The molecular weight excluding hydrogens is 262 g/mol. The Kier molecular flexibility index (Phi) is 5.27. The van der Waals surface area contributed by atoms with Crippen molar-refractivity contribution in [2.45, 2.75) is 51.9 Å². The van der Waals surface area contributed by atoms with Crippen LogP contribution in [0.2, 0.25) is 0 Å². The van der Waals surface area contributed by atoms with E-state index in [-0.39, 0.29) is 17.9 Å². The minimum Gasteiger partial charge on any atom is -0.484 e. The van der Waals surface area contributed by atoms with Crippen molar-refractivity contribution in [2.24, 2.45) is 0 Å². The Morgan fingerprint density at radius 1 is 1.14 bits per heavy atom. The Morgan fingerprint density at radius 3 is 2.43 bits per heavy atom. The van der Waals surface area contributed by atoms with Crippen LogP contribution < -0.4 is 4.74 Å². The summed E-state index contributed by atoms with van der Waals surface area (Å²) in [6.45, 7) is 8.43. The number of hydrogen-bond donors (Lipinski definition) is 0. The molecule has 1 fully saturated rings. The van der Waals surface area contributed by atoms with Crippen molar-refractivity contribution in [1.82, 2.24) is 4.90 Å². The summed E-state index contributed by atoms with van der Waals surface area (Å²) >= 11 is 0. The van der Waals surface area contributed by atoms with Crippen molar-refractivity contribution in [3.05, 3.63) is 29.8 Å². The molecule has 1 aliphatic heterocycles. The van der Waals surface area contributed by atoms with Crippen LogP contribution in [0.3, 0.4) is 0 Å².